The van der Waals surface area contributed by atoms with Crippen molar-refractivity contribution in [2.45, 2.75) is 26.8 Å². The van der Waals surface area contributed by atoms with Gasteiger partial charge in [0, 0.05) is 19.8 Å². The summed E-state index contributed by atoms with van der Waals surface area (Å²) in [5.41, 5.74) is 4.80. The highest BCUT2D eigenvalue weighted by molar-refractivity contribution is 5.82. The second-order valence-electron chi connectivity index (χ2n) is 6.72. The van der Waals surface area contributed by atoms with Crippen LogP contribution in [0.4, 0.5) is 5.95 Å². The van der Waals surface area contributed by atoms with Gasteiger partial charge in [0.2, 0.25) is 5.95 Å². The molecule has 2 heterocycles. The van der Waals surface area contributed by atoms with Crippen LogP contribution in [0.5, 0.6) is 5.75 Å². The summed E-state index contributed by atoms with van der Waals surface area (Å²) in [6.45, 7) is 6.89. The number of fused-ring (bicyclic) bond motifs is 1. The van der Waals surface area contributed by atoms with Crippen LogP contribution in [0.1, 0.15) is 17.1 Å². The van der Waals surface area contributed by atoms with Crippen LogP contribution in [0.25, 0.3) is 16.8 Å². The monoisotopic (exact) mass is 385 g/mol. The maximum Gasteiger partial charge on any atom is 0.228 e. The van der Waals surface area contributed by atoms with Crippen molar-refractivity contribution in [1.82, 2.24) is 19.6 Å². The van der Waals surface area contributed by atoms with Crippen LogP contribution in [-0.4, -0.2) is 60.2 Å². The van der Waals surface area contributed by atoms with Crippen LogP contribution in [0, 0.1) is 20.8 Å². The average Bonchev–Trinajstić information content (AvgIpc) is 2.98. The normalized spacial score (nSPS) is 11.4. The van der Waals surface area contributed by atoms with E-state index in [1.54, 1.807) is 25.8 Å². The number of hydrogen-bond acceptors (Lipinski definition) is 7. The third-order valence-corrected chi connectivity index (χ3v) is 4.54. The summed E-state index contributed by atoms with van der Waals surface area (Å²) in [7, 11) is 4.99. The summed E-state index contributed by atoms with van der Waals surface area (Å²) in [6, 6.07) is 5.95. The van der Waals surface area contributed by atoms with E-state index >= 15 is 0 Å². The summed E-state index contributed by atoms with van der Waals surface area (Å²) in [4.78, 5) is 9.22. The first-order valence-corrected chi connectivity index (χ1v) is 9.11. The van der Waals surface area contributed by atoms with Gasteiger partial charge in [-0.1, -0.05) is 6.07 Å². The van der Waals surface area contributed by atoms with Crippen LogP contribution in [0.3, 0.4) is 0 Å². The number of methoxy groups -OCH3 is 3. The Hall–Kier alpha value is -2.71. The lowest BCUT2D eigenvalue weighted by Gasteiger charge is -2.18. The molecule has 0 aliphatic rings. The molecule has 8 nitrogen and oxygen atoms in total. The molecule has 0 saturated heterocycles. The topological polar surface area (TPSA) is 82.8 Å². The number of aromatic nitrogens is 4. The van der Waals surface area contributed by atoms with E-state index in [0.717, 1.165) is 33.8 Å². The van der Waals surface area contributed by atoms with Gasteiger partial charge in [0.25, 0.3) is 0 Å². The van der Waals surface area contributed by atoms with Gasteiger partial charge >= 0.3 is 0 Å². The summed E-state index contributed by atoms with van der Waals surface area (Å²) >= 11 is 0. The first-order chi connectivity index (χ1) is 13.5. The Morgan fingerprint density at radius 1 is 1.04 bits per heavy atom. The highest BCUT2D eigenvalue weighted by atomic mass is 16.5. The van der Waals surface area contributed by atoms with Crippen LogP contribution in [0.2, 0.25) is 0 Å². The van der Waals surface area contributed by atoms with Crippen molar-refractivity contribution in [1.29, 1.82) is 0 Å². The molecule has 0 unspecified atom stereocenters. The number of aryl methyl sites for hydroxylation is 3. The Morgan fingerprint density at radius 2 is 1.75 bits per heavy atom. The fourth-order valence-corrected chi connectivity index (χ4v) is 3.31. The number of rotatable bonds is 8. The maximum absolute atomic E-state index is 5.33. The molecule has 0 aliphatic heterocycles. The smallest absolute Gasteiger partial charge is 0.228 e. The Kier molecular flexibility index (Phi) is 6.11. The molecule has 0 fully saturated rings. The third-order valence-electron chi connectivity index (χ3n) is 4.54. The highest BCUT2D eigenvalue weighted by Gasteiger charge is 2.20. The molecule has 0 amide bonds. The number of ether oxygens (including phenoxy) is 3. The SMILES string of the molecule is COCC(COC)Nc1nc(C)nc2c(-c3ccc(OC)cc3C)c(C)nn12. The molecule has 1 N–H and O–H groups in total. The Bertz CT molecular complexity index is 964. The molecule has 0 atom stereocenters. The Balaban J connectivity index is 2.12. The molecular weight excluding hydrogens is 358 g/mol. The van der Waals surface area contributed by atoms with Crippen LogP contribution in [-0.2, 0) is 9.47 Å². The van der Waals surface area contributed by atoms with Gasteiger partial charge in [0.1, 0.15) is 11.6 Å². The van der Waals surface area contributed by atoms with Gasteiger partial charge in [0.05, 0.1) is 32.1 Å². The quantitative estimate of drug-likeness (QED) is 0.638. The molecule has 2 aromatic heterocycles. The van der Waals surface area contributed by atoms with Crippen molar-refractivity contribution >= 4 is 11.6 Å². The summed E-state index contributed by atoms with van der Waals surface area (Å²) in [6.07, 6.45) is 0. The highest BCUT2D eigenvalue weighted by Crippen LogP contribution is 2.32. The molecule has 0 spiro atoms. The van der Waals surface area contributed by atoms with Gasteiger partial charge in [-0.15, -0.1) is 0 Å². The summed E-state index contributed by atoms with van der Waals surface area (Å²) in [5.74, 6) is 2.10. The second kappa shape index (κ2) is 8.53. The Morgan fingerprint density at radius 3 is 2.36 bits per heavy atom. The number of benzene rings is 1. The number of nitrogens with zero attached hydrogens (tertiary/aromatic N) is 4. The lowest BCUT2D eigenvalue weighted by molar-refractivity contribution is 0.126. The zero-order chi connectivity index (χ0) is 20.3. The first kappa shape index (κ1) is 20.0. The van der Waals surface area contributed by atoms with Crippen LogP contribution < -0.4 is 10.1 Å². The second-order valence-corrected chi connectivity index (χ2v) is 6.72. The summed E-state index contributed by atoms with van der Waals surface area (Å²) < 4.78 is 17.6. The first-order valence-electron chi connectivity index (χ1n) is 9.11. The minimum absolute atomic E-state index is 0.0526. The van der Waals surface area contributed by atoms with E-state index in [4.69, 9.17) is 19.3 Å². The molecular formula is C20H27N5O3. The molecule has 0 radical (unpaired) electrons. The van der Waals surface area contributed by atoms with E-state index in [2.05, 4.69) is 22.2 Å². The van der Waals surface area contributed by atoms with Gasteiger partial charge in [-0.3, -0.25) is 0 Å². The predicted molar refractivity (Wildman–Crippen MR) is 108 cm³/mol. The molecule has 3 rings (SSSR count). The molecule has 8 heteroatoms. The minimum atomic E-state index is -0.0526. The van der Waals surface area contributed by atoms with Gasteiger partial charge in [-0.2, -0.15) is 14.6 Å². The van der Waals surface area contributed by atoms with Gasteiger partial charge in [-0.05, 0) is 44.0 Å². The van der Waals surface area contributed by atoms with Crippen molar-refractivity contribution in [3.05, 3.63) is 35.3 Å². The van der Waals surface area contributed by atoms with Crippen LogP contribution >= 0.6 is 0 Å². The number of anilines is 1. The van der Waals surface area contributed by atoms with E-state index in [-0.39, 0.29) is 6.04 Å². The average molecular weight is 385 g/mol. The van der Waals surface area contributed by atoms with Crippen molar-refractivity contribution in [2.24, 2.45) is 0 Å². The molecule has 0 bridgehead atoms. The van der Waals surface area contributed by atoms with E-state index in [0.29, 0.717) is 25.0 Å². The van der Waals surface area contributed by atoms with E-state index < -0.39 is 0 Å². The van der Waals surface area contributed by atoms with Gasteiger partial charge in [-0.25, -0.2) is 4.98 Å². The third kappa shape index (κ3) is 3.93. The number of nitrogens with one attached hydrogen (secondary N) is 1. The molecule has 1 aromatic carbocycles. The van der Waals surface area contributed by atoms with E-state index in [1.165, 1.54) is 0 Å². The summed E-state index contributed by atoms with van der Waals surface area (Å²) in [5, 5.41) is 8.07. The molecule has 150 valence electrons. The number of hydrogen-bond donors (Lipinski definition) is 1. The van der Waals surface area contributed by atoms with E-state index in [9.17, 15) is 0 Å². The van der Waals surface area contributed by atoms with Crippen molar-refractivity contribution in [3.63, 3.8) is 0 Å². The predicted octanol–water partition coefficient (Wildman–Crippen LogP) is 2.80. The fourth-order valence-electron chi connectivity index (χ4n) is 3.31. The van der Waals surface area contributed by atoms with Crippen molar-refractivity contribution < 1.29 is 14.2 Å². The van der Waals surface area contributed by atoms with E-state index in [1.807, 2.05) is 32.0 Å². The van der Waals surface area contributed by atoms with Gasteiger partial charge in [0.15, 0.2) is 5.65 Å². The zero-order valence-electron chi connectivity index (χ0n) is 17.2. The minimum Gasteiger partial charge on any atom is -0.497 e. The van der Waals surface area contributed by atoms with Crippen molar-refractivity contribution in [2.75, 3.05) is 39.9 Å². The van der Waals surface area contributed by atoms with Crippen LogP contribution in [0.15, 0.2) is 18.2 Å². The lowest BCUT2D eigenvalue weighted by atomic mass is 10.0. The standard InChI is InChI=1S/C20H27N5O3/c1-12-9-16(28-6)7-8-17(12)18-13(2)24-25-19(18)21-14(3)22-20(25)23-15(10-26-4)11-27-5/h7-9,15H,10-11H2,1-6H3,(H,21,22,23). The molecule has 0 saturated carbocycles. The molecule has 0 aliphatic carbocycles. The lowest BCUT2D eigenvalue weighted by Crippen LogP contribution is -2.31. The Labute approximate surface area is 164 Å². The fraction of sp³-hybridized carbons (Fsp3) is 0.450. The maximum atomic E-state index is 5.33. The molecule has 28 heavy (non-hydrogen) atoms. The zero-order valence-corrected chi connectivity index (χ0v) is 17.2. The van der Waals surface area contributed by atoms with Gasteiger partial charge < -0.3 is 19.5 Å². The van der Waals surface area contributed by atoms with Crippen molar-refractivity contribution in [3.8, 4) is 16.9 Å². The molecule has 3 aromatic rings. The largest absolute Gasteiger partial charge is 0.497 e.